The smallest absolute Gasteiger partial charge is 0.226 e. The first-order valence-electron chi connectivity index (χ1n) is 9.78. The van der Waals surface area contributed by atoms with Gasteiger partial charge in [0.25, 0.3) is 0 Å². The van der Waals surface area contributed by atoms with Crippen molar-refractivity contribution in [3.8, 4) is 16.9 Å². The predicted molar refractivity (Wildman–Crippen MR) is 119 cm³/mol. The molecule has 0 atom stereocenters. The van der Waals surface area contributed by atoms with Crippen molar-refractivity contribution in [2.24, 2.45) is 0 Å². The number of hydrogen-bond acceptors (Lipinski definition) is 6. The molecule has 3 aromatic heterocycles. The molecule has 4 rings (SSSR count). The Morgan fingerprint density at radius 2 is 2.10 bits per heavy atom. The Morgan fingerprint density at radius 3 is 2.77 bits per heavy atom. The van der Waals surface area contributed by atoms with Crippen LogP contribution in [0, 0.1) is 0 Å². The van der Waals surface area contributed by atoms with Crippen LogP contribution in [0.5, 0.6) is 0 Å². The highest BCUT2D eigenvalue weighted by Gasteiger charge is 2.20. The number of thiazole rings is 1. The SMILES string of the molecule is CCCC(=O)Nc1nc2cc(-n3cnc(C(C)(C)O)c3)cc(-c3ccccn3)c2s1. The van der Waals surface area contributed by atoms with Crippen molar-refractivity contribution in [1.82, 2.24) is 19.5 Å². The van der Waals surface area contributed by atoms with E-state index in [1.807, 2.05) is 41.8 Å². The van der Waals surface area contributed by atoms with Gasteiger partial charge in [0.1, 0.15) is 5.60 Å². The number of rotatable bonds is 6. The van der Waals surface area contributed by atoms with Gasteiger partial charge in [-0.05, 0) is 44.5 Å². The van der Waals surface area contributed by atoms with Gasteiger partial charge in [0.2, 0.25) is 5.91 Å². The Bertz CT molecular complexity index is 1190. The summed E-state index contributed by atoms with van der Waals surface area (Å²) in [5.74, 6) is -0.0411. The van der Waals surface area contributed by atoms with Gasteiger partial charge in [-0.15, -0.1) is 0 Å². The Labute approximate surface area is 178 Å². The maximum Gasteiger partial charge on any atom is 0.226 e. The highest BCUT2D eigenvalue weighted by atomic mass is 32.1. The molecular weight excluding hydrogens is 398 g/mol. The van der Waals surface area contributed by atoms with Crippen molar-refractivity contribution >= 4 is 32.6 Å². The molecule has 0 aliphatic rings. The van der Waals surface area contributed by atoms with E-state index in [1.54, 1.807) is 32.6 Å². The van der Waals surface area contributed by atoms with Crippen molar-refractivity contribution in [1.29, 1.82) is 0 Å². The van der Waals surface area contributed by atoms with E-state index in [1.165, 1.54) is 11.3 Å². The molecule has 0 aliphatic carbocycles. The molecule has 0 saturated heterocycles. The Kier molecular flexibility index (Phi) is 5.36. The quantitative estimate of drug-likeness (QED) is 0.478. The van der Waals surface area contributed by atoms with Gasteiger partial charge < -0.3 is 15.0 Å². The van der Waals surface area contributed by atoms with Gasteiger partial charge in [0.15, 0.2) is 5.13 Å². The third-order valence-corrected chi connectivity index (χ3v) is 5.67. The molecule has 0 radical (unpaired) electrons. The first-order chi connectivity index (χ1) is 14.3. The number of nitrogens with zero attached hydrogens (tertiary/aromatic N) is 4. The number of fused-ring (bicyclic) bond motifs is 1. The topological polar surface area (TPSA) is 92.9 Å². The van der Waals surface area contributed by atoms with Crippen LogP contribution in [0.25, 0.3) is 27.2 Å². The molecule has 0 bridgehead atoms. The normalized spacial score (nSPS) is 11.7. The van der Waals surface area contributed by atoms with Crippen LogP contribution in [-0.2, 0) is 10.4 Å². The number of aliphatic hydroxyl groups is 1. The first kappa shape index (κ1) is 20.2. The van der Waals surface area contributed by atoms with Crippen LogP contribution < -0.4 is 5.32 Å². The summed E-state index contributed by atoms with van der Waals surface area (Å²) in [6.45, 7) is 5.37. The molecule has 1 aromatic carbocycles. The second kappa shape index (κ2) is 7.97. The lowest BCUT2D eigenvalue weighted by Gasteiger charge is -2.13. The maximum absolute atomic E-state index is 12.0. The minimum atomic E-state index is -1.03. The van der Waals surface area contributed by atoms with Crippen molar-refractivity contribution in [2.75, 3.05) is 5.32 Å². The number of carbonyl (C=O) groups is 1. The molecule has 7 nitrogen and oxygen atoms in total. The summed E-state index contributed by atoms with van der Waals surface area (Å²) >= 11 is 1.44. The van der Waals surface area contributed by atoms with Crippen LogP contribution in [0.15, 0.2) is 49.1 Å². The summed E-state index contributed by atoms with van der Waals surface area (Å²) in [4.78, 5) is 25.5. The molecule has 154 valence electrons. The second-order valence-corrected chi connectivity index (χ2v) is 8.60. The number of benzene rings is 1. The summed E-state index contributed by atoms with van der Waals surface area (Å²) in [5.41, 5.74) is 2.91. The van der Waals surface area contributed by atoms with Crippen molar-refractivity contribution < 1.29 is 9.90 Å². The lowest BCUT2D eigenvalue weighted by Crippen LogP contribution is -2.15. The van der Waals surface area contributed by atoms with Gasteiger partial charge in [0.05, 0.1) is 27.9 Å². The minimum absolute atomic E-state index is 0.0411. The fourth-order valence-electron chi connectivity index (χ4n) is 3.12. The Hall–Kier alpha value is -3.10. The second-order valence-electron chi connectivity index (χ2n) is 7.60. The van der Waals surface area contributed by atoms with Crippen LogP contribution in [0.1, 0.15) is 39.3 Å². The summed E-state index contributed by atoms with van der Waals surface area (Å²) in [6.07, 6.45) is 6.47. The van der Waals surface area contributed by atoms with Crippen LogP contribution >= 0.6 is 11.3 Å². The monoisotopic (exact) mass is 421 g/mol. The molecule has 0 saturated carbocycles. The fourth-order valence-corrected chi connectivity index (χ4v) is 4.11. The third kappa shape index (κ3) is 4.10. The number of amides is 1. The lowest BCUT2D eigenvalue weighted by molar-refractivity contribution is -0.116. The standard InChI is InChI=1S/C22H23N5O2S/c1-4-7-19(28)26-21-25-17-11-14(27-12-18(24-13-27)22(2,3)29)10-15(20(17)30-21)16-8-5-6-9-23-16/h5-6,8-13,29H,4,7H2,1-3H3,(H,25,26,28). The van der Waals surface area contributed by atoms with E-state index >= 15 is 0 Å². The predicted octanol–water partition coefficient (Wildman–Crippen LogP) is 4.51. The van der Waals surface area contributed by atoms with E-state index in [0.717, 1.165) is 33.6 Å². The van der Waals surface area contributed by atoms with E-state index in [0.29, 0.717) is 17.2 Å². The molecule has 0 spiro atoms. The van der Waals surface area contributed by atoms with Gasteiger partial charge in [-0.1, -0.05) is 24.3 Å². The van der Waals surface area contributed by atoms with Gasteiger partial charge in [0, 0.05) is 30.1 Å². The molecule has 8 heteroatoms. The zero-order chi connectivity index (χ0) is 21.3. The number of anilines is 1. The molecule has 30 heavy (non-hydrogen) atoms. The number of imidazole rings is 1. The largest absolute Gasteiger partial charge is 0.384 e. The van der Waals surface area contributed by atoms with Crippen molar-refractivity contribution in [3.63, 3.8) is 0 Å². The van der Waals surface area contributed by atoms with Crippen LogP contribution in [0.2, 0.25) is 0 Å². The average molecular weight is 422 g/mol. The Morgan fingerprint density at radius 1 is 1.27 bits per heavy atom. The summed E-state index contributed by atoms with van der Waals surface area (Å²) in [5, 5.41) is 13.7. The van der Waals surface area contributed by atoms with Crippen molar-refractivity contribution in [2.45, 2.75) is 39.2 Å². The van der Waals surface area contributed by atoms with E-state index in [9.17, 15) is 9.90 Å². The molecular formula is C22H23N5O2S. The van der Waals surface area contributed by atoms with Crippen LogP contribution in [0.4, 0.5) is 5.13 Å². The molecule has 3 heterocycles. The van der Waals surface area contributed by atoms with Gasteiger partial charge in [-0.25, -0.2) is 9.97 Å². The number of pyridine rings is 1. The lowest BCUT2D eigenvalue weighted by atomic mass is 10.1. The van der Waals surface area contributed by atoms with Gasteiger partial charge in [-0.3, -0.25) is 9.78 Å². The molecule has 1 amide bonds. The molecule has 2 N–H and O–H groups in total. The number of carbonyl (C=O) groups excluding carboxylic acids is 1. The molecule has 0 aliphatic heterocycles. The molecule has 0 fully saturated rings. The summed E-state index contributed by atoms with van der Waals surface area (Å²) in [6, 6.07) is 9.73. The van der Waals surface area contributed by atoms with Crippen LogP contribution in [-0.4, -0.2) is 30.5 Å². The summed E-state index contributed by atoms with van der Waals surface area (Å²) < 4.78 is 2.81. The zero-order valence-corrected chi connectivity index (χ0v) is 17.9. The third-order valence-electron chi connectivity index (χ3n) is 4.65. The van der Waals surface area contributed by atoms with Crippen LogP contribution in [0.3, 0.4) is 0 Å². The van der Waals surface area contributed by atoms with Gasteiger partial charge in [-0.2, -0.15) is 0 Å². The molecule has 0 unspecified atom stereocenters. The fraction of sp³-hybridized carbons (Fsp3) is 0.273. The number of nitrogens with one attached hydrogen (secondary N) is 1. The number of aromatic nitrogens is 4. The van der Waals surface area contributed by atoms with E-state index < -0.39 is 5.60 Å². The average Bonchev–Trinajstić information content (AvgIpc) is 3.34. The Balaban J connectivity index is 1.84. The minimum Gasteiger partial charge on any atom is -0.384 e. The maximum atomic E-state index is 12.0. The summed E-state index contributed by atoms with van der Waals surface area (Å²) in [7, 11) is 0. The van der Waals surface area contributed by atoms with E-state index in [-0.39, 0.29) is 5.91 Å². The van der Waals surface area contributed by atoms with Crippen molar-refractivity contribution in [3.05, 3.63) is 54.7 Å². The zero-order valence-electron chi connectivity index (χ0n) is 17.1. The van der Waals surface area contributed by atoms with E-state index in [2.05, 4.69) is 20.3 Å². The molecule has 4 aromatic rings. The van der Waals surface area contributed by atoms with E-state index in [4.69, 9.17) is 0 Å². The highest BCUT2D eigenvalue weighted by molar-refractivity contribution is 7.22. The highest BCUT2D eigenvalue weighted by Crippen LogP contribution is 2.36. The number of hydrogen-bond donors (Lipinski definition) is 2. The first-order valence-corrected chi connectivity index (χ1v) is 10.6. The van der Waals surface area contributed by atoms with Gasteiger partial charge >= 0.3 is 0 Å².